The Bertz CT molecular complexity index is 1200. The van der Waals surface area contributed by atoms with E-state index < -0.39 is 5.97 Å². The van der Waals surface area contributed by atoms with Crippen LogP contribution in [0.1, 0.15) is 27.6 Å². The van der Waals surface area contributed by atoms with Gasteiger partial charge in [-0.25, -0.2) is 14.8 Å². The molecular formula is C19H18N6O2. The number of carboxylic acid groups (broad SMARTS) is 1. The molecule has 0 aliphatic rings. The molecule has 0 saturated heterocycles. The summed E-state index contributed by atoms with van der Waals surface area (Å²) in [5.74, 6) is 0.742. The van der Waals surface area contributed by atoms with Crippen molar-refractivity contribution in [3.63, 3.8) is 0 Å². The smallest absolute Gasteiger partial charge is 0.335 e. The van der Waals surface area contributed by atoms with Crippen LogP contribution in [0.25, 0.3) is 22.1 Å². The Morgan fingerprint density at radius 3 is 2.67 bits per heavy atom. The van der Waals surface area contributed by atoms with Gasteiger partial charge in [-0.2, -0.15) is 0 Å². The highest BCUT2D eigenvalue weighted by Crippen LogP contribution is 2.19. The number of H-pyrrole nitrogens is 1. The molecule has 8 nitrogen and oxygen atoms in total. The summed E-state index contributed by atoms with van der Waals surface area (Å²) >= 11 is 0. The molecule has 136 valence electrons. The van der Waals surface area contributed by atoms with Crippen molar-refractivity contribution in [2.45, 2.75) is 12.8 Å². The molecule has 2 heterocycles. The number of nitrogens with two attached hydrogens (primary N) is 1. The van der Waals surface area contributed by atoms with Crippen molar-refractivity contribution in [1.82, 2.24) is 19.5 Å². The first-order valence-corrected chi connectivity index (χ1v) is 8.44. The van der Waals surface area contributed by atoms with Gasteiger partial charge in [0.15, 0.2) is 0 Å². The van der Waals surface area contributed by atoms with Crippen LogP contribution in [0.15, 0.2) is 36.4 Å². The molecule has 4 rings (SSSR count). The van der Waals surface area contributed by atoms with Gasteiger partial charge in [-0.1, -0.05) is 0 Å². The number of imidazole rings is 2. The molecule has 0 amide bonds. The van der Waals surface area contributed by atoms with E-state index in [9.17, 15) is 4.79 Å². The molecule has 0 aliphatic heterocycles. The number of nitrogens with zero attached hydrogens (tertiary/aromatic N) is 3. The second kappa shape index (κ2) is 6.24. The Morgan fingerprint density at radius 1 is 1.15 bits per heavy atom. The summed E-state index contributed by atoms with van der Waals surface area (Å²) in [7, 11) is 1.92. The second-order valence-electron chi connectivity index (χ2n) is 6.42. The van der Waals surface area contributed by atoms with Gasteiger partial charge in [0, 0.05) is 25.5 Å². The number of hydrogen-bond donors (Lipinski definition) is 4. The summed E-state index contributed by atoms with van der Waals surface area (Å²) in [6.45, 7) is 0. The molecule has 5 N–H and O–H groups in total. The number of rotatable bonds is 5. The minimum absolute atomic E-state index is 0.0217. The van der Waals surface area contributed by atoms with Crippen LogP contribution in [0, 0.1) is 5.41 Å². The molecule has 0 bridgehead atoms. The SMILES string of the molecule is Cn1c(CCc2nc3ccc(C(=N)N)cc3[nH]2)nc2cc(C(=O)O)ccc21. The summed E-state index contributed by atoms with van der Waals surface area (Å²) in [4.78, 5) is 23.5. The predicted molar refractivity (Wildman–Crippen MR) is 102 cm³/mol. The van der Waals surface area contributed by atoms with E-state index in [1.54, 1.807) is 24.3 Å². The Morgan fingerprint density at radius 2 is 1.93 bits per heavy atom. The van der Waals surface area contributed by atoms with Crippen molar-refractivity contribution in [3.05, 3.63) is 59.2 Å². The van der Waals surface area contributed by atoms with Crippen molar-refractivity contribution in [1.29, 1.82) is 5.41 Å². The number of hydrogen-bond acceptors (Lipinski definition) is 4. The lowest BCUT2D eigenvalue weighted by molar-refractivity contribution is 0.0697. The zero-order valence-electron chi connectivity index (χ0n) is 14.7. The van der Waals surface area contributed by atoms with Crippen LogP contribution in [0.3, 0.4) is 0 Å². The van der Waals surface area contributed by atoms with E-state index in [-0.39, 0.29) is 11.4 Å². The number of aromatic carboxylic acids is 1. The van der Waals surface area contributed by atoms with Gasteiger partial charge in [0.25, 0.3) is 0 Å². The molecule has 27 heavy (non-hydrogen) atoms. The Labute approximate surface area is 154 Å². The molecule has 0 fully saturated rings. The van der Waals surface area contributed by atoms with Crippen LogP contribution in [0.4, 0.5) is 0 Å². The van der Waals surface area contributed by atoms with Crippen molar-refractivity contribution >= 4 is 33.9 Å². The lowest BCUT2D eigenvalue weighted by Gasteiger charge is -2.01. The Kier molecular flexibility index (Phi) is 3.88. The van der Waals surface area contributed by atoms with Crippen molar-refractivity contribution < 1.29 is 9.90 Å². The average molecular weight is 362 g/mol. The fraction of sp³-hybridized carbons (Fsp3) is 0.158. The standard InChI is InChI=1S/C19H18N6O2/c1-25-15-5-3-11(19(26)27)9-14(15)24-17(25)7-6-16-22-12-4-2-10(18(20)21)8-13(12)23-16/h2-5,8-9H,6-7H2,1H3,(H3,20,21)(H,22,23)(H,26,27). The zero-order chi connectivity index (χ0) is 19.1. The number of carboxylic acids is 1. The third-order valence-electron chi connectivity index (χ3n) is 4.65. The van der Waals surface area contributed by atoms with E-state index in [0.29, 0.717) is 23.9 Å². The first kappa shape index (κ1) is 16.8. The lowest BCUT2D eigenvalue weighted by atomic mass is 10.2. The maximum atomic E-state index is 11.1. The average Bonchev–Trinajstić information content (AvgIpc) is 3.19. The number of benzene rings is 2. The number of carbonyl (C=O) groups is 1. The van der Waals surface area contributed by atoms with Gasteiger partial charge in [-0.3, -0.25) is 5.41 Å². The molecule has 4 aromatic rings. The van der Waals surface area contributed by atoms with Crippen molar-refractivity contribution in [2.75, 3.05) is 0 Å². The van der Waals surface area contributed by atoms with Crippen LogP contribution >= 0.6 is 0 Å². The third-order valence-corrected chi connectivity index (χ3v) is 4.65. The molecule has 0 atom stereocenters. The Balaban J connectivity index is 1.59. The van der Waals surface area contributed by atoms with Gasteiger partial charge >= 0.3 is 5.97 Å². The van der Waals surface area contributed by atoms with E-state index in [1.165, 1.54) is 0 Å². The lowest BCUT2D eigenvalue weighted by Crippen LogP contribution is -2.10. The quantitative estimate of drug-likeness (QED) is 0.319. The molecular weight excluding hydrogens is 344 g/mol. The molecule has 0 aliphatic carbocycles. The first-order valence-electron chi connectivity index (χ1n) is 8.44. The van der Waals surface area contributed by atoms with Crippen LogP contribution in [-0.2, 0) is 19.9 Å². The zero-order valence-corrected chi connectivity index (χ0v) is 14.7. The fourth-order valence-electron chi connectivity index (χ4n) is 3.18. The molecule has 0 unspecified atom stereocenters. The molecule has 2 aromatic heterocycles. The highest BCUT2D eigenvalue weighted by Gasteiger charge is 2.12. The highest BCUT2D eigenvalue weighted by molar-refractivity contribution is 5.98. The van der Waals surface area contributed by atoms with Gasteiger partial charge in [-0.15, -0.1) is 0 Å². The maximum absolute atomic E-state index is 11.1. The van der Waals surface area contributed by atoms with E-state index >= 15 is 0 Å². The van der Waals surface area contributed by atoms with Crippen LogP contribution < -0.4 is 5.73 Å². The van der Waals surface area contributed by atoms with Crippen LogP contribution in [0.2, 0.25) is 0 Å². The predicted octanol–water partition coefficient (Wildman–Crippen LogP) is 2.22. The van der Waals surface area contributed by atoms with Crippen LogP contribution in [0.5, 0.6) is 0 Å². The first-order chi connectivity index (χ1) is 12.9. The third kappa shape index (κ3) is 3.01. The largest absolute Gasteiger partial charge is 0.478 e. The van der Waals surface area contributed by atoms with Gasteiger partial charge < -0.3 is 20.4 Å². The maximum Gasteiger partial charge on any atom is 0.335 e. The number of nitrogens with one attached hydrogen (secondary N) is 2. The molecule has 2 aromatic carbocycles. The van der Waals surface area contributed by atoms with Crippen LogP contribution in [-0.4, -0.2) is 36.4 Å². The van der Waals surface area contributed by atoms with Gasteiger partial charge in [0.1, 0.15) is 17.5 Å². The summed E-state index contributed by atoms with van der Waals surface area (Å²) in [5.41, 5.74) is 9.64. The molecule has 8 heteroatoms. The summed E-state index contributed by atoms with van der Waals surface area (Å²) in [5, 5.41) is 16.7. The number of fused-ring (bicyclic) bond motifs is 2. The molecule has 0 radical (unpaired) electrons. The van der Waals surface area contributed by atoms with E-state index in [0.717, 1.165) is 28.2 Å². The monoisotopic (exact) mass is 362 g/mol. The normalized spacial score (nSPS) is 11.3. The van der Waals surface area contributed by atoms with E-state index in [2.05, 4.69) is 15.0 Å². The number of nitrogen functional groups attached to an aromatic ring is 1. The van der Waals surface area contributed by atoms with E-state index in [4.69, 9.17) is 16.2 Å². The summed E-state index contributed by atoms with van der Waals surface area (Å²) < 4.78 is 1.97. The van der Waals surface area contributed by atoms with Gasteiger partial charge in [0.05, 0.1) is 27.6 Å². The van der Waals surface area contributed by atoms with E-state index in [1.807, 2.05) is 23.7 Å². The minimum atomic E-state index is -0.962. The molecule has 0 saturated carbocycles. The minimum Gasteiger partial charge on any atom is -0.478 e. The molecule has 0 spiro atoms. The second-order valence-corrected chi connectivity index (χ2v) is 6.42. The highest BCUT2D eigenvalue weighted by atomic mass is 16.4. The Hall–Kier alpha value is -3.68. The topological polar surface area (TPSA) is 134 Å². The van der Waals surface area contributed by atoms with Gasteiger partial charge in [-0.05, 0) is 36.4 Å². The van der Waals surface area contributed by atoms with Crippen molar-refractivity contribution in [2.24, 2.45) is 12.8 Å². The summed E-state index contributed by atoms with van der Waals surface area (Å²) in [6, 6.07) is 10.4. The number of aromatic nitrogens is 4. The number of amidine groups is 1. The van der Waals surface area contributed by atoms with Gasteiger partial charge in [0.2, 0.25) is 0 Å². The number of aryl methyl sites for hydroxylation is 3. The summed E-state index contributed by atoms with van der Waals surface area (Å²) in [6.07, 6.45) is 1.32. The fourth-order valence-corrected chi connectivity index (χ4v) is 3.18. The number of aromatic amines is 1. The van der Waals surface area contributed by atoms with Crippen molar-refractivity contribution in [3.8, 4) is 0 Å².